The molecule has 0 aliphatic carbocycles. The summed E-state index contributed by atoms with van der Waals surface area (Å²) in [7, 11) is 0. The third kappa shape index (κ3) is 5.38. The van der Waals surface area contributed by atoms with Crippen LogP contribution in [0.3, 0.4) is 0 Å². The molecule has 3 heterocycles. The van der Waals surface area contributed by atoms with Gasteiger partial charge in [0.25, 0.3) is 0 Å². The molecular weight excluding hydrogens is 544 g/mol. The van der Waals surface area contributed by atoms with Crippen LogP contribution in [0, 0.1) is 5.41 Å². The molecule has 0 unspecified atom stereocenters. The summed E-state index contributed by atoms with van der Waals surface area (Å²) < 4.78 is 2.34. The first-order chi connectivity index (χ1) is 21.4. The fourth-order valence-electron chi connectivity index (χ4n) is 5.65. The summed E-state index contributed by atoms with van der Waals surface area (Å²) in [5.41, 5.74) is 9.82. The SMILES string of the molecule is CC(C)(C)Cc1nc2c(-c3ccccc3)nnc(-c3ccccc3)c2n1Cc1ccc(-c2ccccc2-c2nnn[nH]2)cc1. The highest BCUT2D eigenvalue weighted by Gasteiger charge is 2.24. The second-order valence-corrected chi connectivity index (χ2v) is 12.2. The molecule has 0 amide bonds. The molecule has 0 spiro atoms. The van der Waals surface area contributed by atoms with E-state index < -0.39 is 0 Å². The van der Waals surface area contributed by atoms with Crippen molar-refractivity contribution >= 4 is 11.0 Å². The van der Waals surface area contributed by atoms with E-state index in [-0.39, 0.29) is 5.41 Å². The van der Waals surface area contributed by atoms with Gasteiger partial charge in [-0.25, -0.2) is 10.1 Å². The number of aromatic nitrogens is 8. The Morgan fingerprint density at radius 3 is 1.89 bits per heavy atom. The van der Waals surface area contributed by atoms with Crippen molar-refractivity contribution in [1.29, 1.82) is 0 Å². The molecule has 0 saturated heterocycles. The molecule has 7 rings (SSSR count). The molecule has 44 heavy (non-hydrogen) atoms. The molecule has 1 N–H and O–H groups in total. The van der Waals surface area contributed by atoms with E-state index in [4.69, 9.17) is 15.2 Å². The fourth-order valence-corrected chi connectivity index (χ4v) is 5.65. The number of hydrogen-bond donors (Lipinski definition) is 1. The topological polar surface area (TPSA) is 98.1 Å². The van der Waals surface area contributed by atoms with Gasteiger partial charge in [0.2, 0.25) is 0 Å². The van der Waals surface area contributed by atoms with E-state index in [9.17, 15) is 0 Å². The molecule has 7 aromatic rings. The smallest absolute Gasteiger partial charge is 0.180 e. The normalized spacial score (nSPS) is 11.7. The molecule has 4 aromatic carbocycles. The minimum atomic E-state index is 0.0307. The quantitative estimate of drug-likeness (QED) is 0.209. The molecule has 0 bridgehead atoms. The average Bonchev–Trinajstić information content (AvgIpc) is 3.70. The Hall–Kier alpha value is -5.50. The first-order valence-corrected chi connectivity index (χ1v) is 14.7. The number of imidazole rings is 1. The van der Waals surface area contributed by atoms with Crippen molar-refractivity contribution in [2.75, 3.05) is 0 Å². The highest BCUT2D eigenvalue weighted by atomic mass is 15.5. The second-order valence-electron chi connectivity index (χ2n) is 12.2. The van der Waals surface area contributed by atoms with Crippen molar-refractivity contribution in [2.24, 2.45) is 5.41 Å². The molecule has 0 fully saturated rings. The van der Waals surface area contributed by atoms with E-state index in [1.807, 2.05) is 54.6 Å². The van der Waals surface area contributed by atoms with Gasteiger partial charge in [0.15, 0.2) is 5.82 Å². The fraction of sp³-hybridized carbons (Fsp3) is 0.167. The van der Waals surface area contributed by atoms with Crippen LogP contribution in [-0.2, 0) is 13.0 Å². The summed E-state index contributed by atoms with van der Waals surface area (Å²) in [6.07, 6.45) is 0.806. The van der Waals surface area contributed by atoms with Gasteiger partial charge >= 0.3 is 0 Å². The third-order valence-electron chi connectivity index (χ3n) is 7.66. The van der Waals surface area contributed by atoms with Crippen LogP contribution < -0.4 is 0 Å². The number of nitrogens with one attached hydrogen (secondary N) is 1. The summed E-state index contributed by atoms with van der Waals surface area (Å²) in [5.74, 6) is 1.66. The van der Waals surface area contributed by atoms with E-state index >= 15 is 0 Å². The van der Waals surface area contributed by atoms with Gasteiger partial charge in [0, 0.05) is 29.7 Å². The zero-order valence-electron chi connectivity index (χ0n) is 24.9. The second kappa shape index (κ2) is 11.3. The molecule has 0 atom stereocenters. The van der Waals surface area contributed by atoms with Crippen LogP contribution in [0.15, 0.2) is 109 Å². The largest absolute Gasteiger partial charge is 0.322 e. The minimum Gasteiger partial charge on any atom is -0.322 e. The Bertz CT molecular complexity index is 2020. The Balaban J connectivity index is 1.37. The summed E-state index contributed by atoms with van der Waals surface area (Å²) in [6.45, 7) is 7.40. The number of tetrazole rings is 1. The minimum absolute atomic E-state index is 0.0307. The number of H-pyrrole nitrogens is 1. The highest BCUT2D eigenvalue weighted by molar-refractivity contribution is 5.97. The lowest BCUT2D eigenvalue weighted by Gasteiger charge is -2.19. The van der Waals surface area contributed by atoms with Gasteiger partial charge in [0.05, 0.1) is 5.52 Å². The van der Waals surface area contributed by atoms with Gasteiger partial charge in [-0.05, 0) is 32.5 Å². The van der Waals surface area contributed by atoms with E-state index in [1.54, 1.807) is 0 Å². The molecule has 0 aliphatic heterocycles. The molecule has 8 nitrogen and oxygen atoms in total. The molecule has 0 saturated carbocycles. The highest BCUT2D eigenvalue weighted by Crippen LogP contribution is 2.35. The maximum Gasteiger partial charge on any atom is 0.180 e. The zero-order valence-corrected chi connectivity index (χ0v) is 24.9. The number of benzene rings is 4. The summed E-state index contributed by atoms with van der Waals surface area (Å²) in [5, 5.41) is 24.1. The van der Waals surface area contributed by atoms with Crippen LogP contribution in [0.25, 0.3) is 56.1 Å². The van der Waals surface area contributed by atoms with E-state index in [0.29, 0.717) is 12.4 Å². The monoisotopic (exact) mass is 576 g/mol. The maximum absolute atomic E-state index is 5.30. The van der Waals surface area contributed by atoms with E-state index in [2.05, 4.69) is 101 Å². The molecule has 0 aliphatic rings. The van der Waals surface area contributed by atoms with Gasteiger partial charge in [-0.2, -0.15) is 0 Å². The Morgan fingerprint density at radius 2 is 1.25 bits per heavy atom. The van der Waals surface area contributed by atoms with Gasteiger partial charge in [-0.3, -0.25) is 0 Å². The average molecular weight is 577 g/mol. The number of aromatic amines is 1. The van der Waals surface area contributed by atoms with Crippen molar-refractivity contribution in [1.82, 2.24) is 40.4 Å². The van der Waals surface area contributed by atoms with Crippen LogP contribution in [0.4, 0.5) is 0 Å². The predicted octanol–water partition coefficient (Wildman–Crippen LogP) is 7.64. The maximum atomic E-state index is 5.30. The Labute approximate surface area is 255 Å². The van der Waals surface area contributed by atoms with Crippen LogP contribution in [-0.4, -0.2) is 40.4 Å². The lowest BCUT2D eigenvalue weighted by Crippen LogP contribution is -2.15. The molecular formula is C36H32N8. The van der Waals surface area contributed by atoms with Gasteiger partial charge < -0.3 is 4.57 Å². The molecule has 0 radical (unpaired) electrons. The summed E-state index contributed by atoms with van der Waals surface area (Å²) in [4.78, 5) is 5.30. The van der Waals surface area contributed by atoms with E-state index in [0.717, 1.165) is 62.5 Å². The lowest BCUT2D eigenvalue weighted by molar-refractivity contribution is 0.394. The number of hydrogen-bond acceptors (Lipinski definition) is 6. The Kier molecular flexibility index (Phi) is 7.02. The van der Waals surface area contributed by atoms with Crippen LogP contribution in [0.2, 0.25) is 0 Å². The number of nitrogens with zero attached hydrogens (tertiary/aromatic N) is 7. The third-order valence-corrected chi connectivity index (χ3v) is 7.66. The first kappa shape index (κ1) is 27.3. The van der Waals surface area contributed by atoms with Crippen LogP contribution >= 0.6 is 0 Å². The van der Waals surface area contributed by atoms with Gasteiger partial charge in [0.1, 0.15) is 22.7 Å². The van der Waals surface area contributed by atoms with Crippen molar-refractivity contribution < 1.29 is 0 Å². The number of fused-ring (bicyclic) bond motifs is 1. The van der Waals surface area contributed by atoms with Crippen LogP contribution in [0.1, 0.15) is 32.2 Å². The van der Waals surface area contributed by atoms with E-state index in [1.165, 1.54) is 5.56 Å². The summed E-state index contributed by atoms with van der Waals surface area (Å²) in [6, 6.07) is 37.3. The lowest BCUT2D eigenvalue weighted by atomic mass is 9.92. The van der Waals surface area contributed by atoms with Crippen molar-refractivity contribution in [3.63, 3.8) is 0 Å². The molecule has 3 aromatic heterocycles. The van der Waals surface area contributed by atoms with Crippen molar-refractivity contribution in [3.8, 4) is 45.0 Å². The molecule has 8 heteroatoms. The van der Waals surface area contributed by atoms with Crippen molar-refractivity contribution in [2.45, 2.75) is 33.7 Å². The van der Waals surface area contributed by atoms with Crippen LogP contribution in [0.5, 0.6) is 0 Å². The standard InChI is InChI=1S/C36H32N8/c1-36(2,3)22-30-37-33-31(26-12-6-4-7-13-26)38-39-32(27-14-8-5-9-15-27)34(33)44(30)23-24-18-20-25(21-19-24)28-16-10-11-17-29(28)35-40-42-43-41-35/h4-21H,22-23H2,1-3H3,(H,40,41,42,43). The predicted molar refractivity (Wildman–Crippen MR) is 174 cm³/mol. The van der Waals surface area contributed by atoms with Gasteiger partial charge in [-0.1, -0.05) is 130 Å². The number of rotatable bonds is 7. The zero-order chi connectivity index (χ0) is 30.1. The Morgan fingerprint density at radius 1 is 0.636 bits per heavy atom. The van der Waals surface area contributed by atoms with Gasteiger partial charge in [-0.15, -0.1) is 15.3 Å². The summed E-state index contributed by atoms with van der Waals surface area (Å²) >= 11 is 0. The van der Waals surface area contributed by atoms with Crippen molar-refractivity contribution in [3.05, 3.63) is 121 Å². The first-order valence-electron chi connectivity index (χ1n) is 14.7. The molecule has 216 valence electrons.